The van der Waals surface area contributed by atoms with Gasteiger partial charge in [0.1, 0.15) is 6.10 Å². The van der Waals surface area contributed by atoms with Gasteiger partial charge in [0, 0.05) is 12.6 Å². The summed E-state index contributed by atoms with van der Waals surface area (Å²) in [6.45, 7) is 1.80. The first-order valence-corrected chi connectivity index (χ1v) is 3.88. The zero-order valence-corrected chi connectivity index (χ0v) is 6.69. The molecule has 2 rings (SSSR count). The van der Waals surface area contributed by atoms with Gasteiger partial charge in [0.05, 0.1) is 6.04 Å². The number of carbonyl (C=O) groups is 2. The van der Waals surface area contributed by atoms with Gasteiger partial charge in [-0.25, -0.2) is 4.79 Å². The Hall–Kier alpha value is -1.32. The minimum Gasteiger partial charge on any atom is -0.444 e. The van der Waals surface area contributed by atoms with Crippen LogP contribution in [0.15, 0.2) is 12.3 Å². The van der Waals surface area contributed by atoms with Crippen molar-refractivity contribution in [3.63, 3.8) is 0 Å². The van der Waals surface area contributed by atoms with E-state index in [9.17, 15) is 9.59 Å². The molecule has 0 spiro atoms. The molecule has 2 heterocycles. The van der Waals surface area contributed by atoms with Gasteiger partial charge in [-0.3, -0.25) is 9.69 Å². The lowest BCUT2D eigenvalue weighted by molar-refractivity contribution is -0.116. The molecule has 2 atom stereocenters. The zero-order valence-electron chi connectivity index (χ0n) is 6.69. The Morgan fingerprint density at radius 2 is 2.33 bits per heavy atom. The summed E-state index contributed by atoms with van der Waals surface area (Å²) >= 11 is 0. The van der Waals surface area contributed by atoms with Crippen LogP contribution < -0.4 is 0 Å². The van der Waals surface area contributed by atoms with Crippen molar-refractivity contribution in [3.05, 3.63) is 12.3 Å². The van der Waals surface area contributed by atoms with Crippen molar-refractivity contribution < 1.29 is 14.3 Å². The number of hydrogen-bond acceptors (Lipinski definition) is 3. The third kappa shape index (κ3) is 0.913. The standard InChI is InChI=1S/C8H9NO3/c1-5-7-4-6(10)2-3-9(7)8(11)12-5/h2-3,5,7H,4H2,1H3/t5-,7-/m1/s1. The van der Waals surface area contributed by atoms with E-state index in [1.165, 1.54) is 17.2 Å². The topological polar surface area (TPSA) is 46.6 Å². The van der Waals surface area contributed by atoms with Crippen LogP contribution in [0.1, 0.15) is 13.3 Å². The fraction of sp³-hybridized carbons (Fsp3) is 0.500. The normalized spacial score (nSPS) is 33.6. The van der Waals surface area contributed by atoms with Crippen LogP contribution >= 0.6 is 0 Å². The van der Waals surface area contributed by atoms with Gasteiger partial charge in [-0.1, -0.05) is 0 Å². The molecule has 4 heteroatoms. The monoisotopic (exact) mass is 167 g/mol. The zero-order chi connectivity index (χ0) is 8.72. The van der Waals surface area contributed by atoms with Crippen molar-refractivity contribution in [1.29, 1.82) is 0 Å². The fourth-order valence-electron chi connectivity index (χ4n) is 1.53. The van der Waals surface area contributed by atoms with Gasteiger partial charge in [0.25, 0.3) is 0 Å². The highest BCUT2D eigenvalue weighted by Crippen LogP contribution is 2.25. The molecule has 12 heavy (non-hydrogen) atoms. The van der Waals surface area contributed by atoms with Gasteiger partial charge < -0.3 is 4.74 Å². The van der Waals surface area contributed by atoms with E-state index in [-0.39, 0.29) is 24.0 Å². The van der Waals surface area contributed by atoms with Crippen molar-refractivity contribution in [1.82, 2.24) is 4.90 Å². The minimum atomic E-state index is -0.351. The van der Waals surface area contributed by atoms with Crippen molar-refractivity contribution >= 4 is 11.9 Å². The van der Waals surface area contributed by atoms with E-state index in [4.69, 9.17) is 4.74 Å². The lowest BCUT2D eigenvalue weighted by atomic mass is 10.0. The number of ketones is 1. The number of cyclic esters (lactones) is 1. The van der Waals surface area contributed by atoms with Gasteiger partial charge in [-0.2, -0.15) is 0 Å². The average Bonchev–Trinajstić information content (AvgIpc) is 2.28. The largest absolute Gasteiger partial charge is 0.444 e. The van der Waals surface area contributed by atoms with E-state index in [1.807, 2.05) is 0 Å². The molecule has 0 aromatic rings. The summed E-state index contributed by atoms with van der Waals surface area (Å²) in [6.07, 6.45) is 2.77. The molecule has 0 saturated carbocycles. The van der Waals surface area contributed by atoms with E-state index >= 15 is 0 Å². The maximum absolute atomic E-state index is 11.1. The van der Waals surface area contributed by atoms with Crippen LogP contribution in [-0.2, 0) is 9.53 Å². The maximum atomic E-state index is 11.1. The summed E-state index contributed by atoms with van der Waals surface area (Å²) in [7, 11) is 0. The number of allylic oxidation sites excluding steroid dienone is 1. The Bertz CT molecular complexity index is 271. The second kappa shape index (κ2) is 2.33. The molecule has 64 valence electrons. The maximum Gasteiger partial charge on any atom is 0.414 e. The van der Waals surface area contributed by atoms with E-state index in [0.717, 1.165) is 0 Å². The van der Waals surface area contributed by atoms with Crippen LogP contribution in [0.5, 0.6) is 0 Å². The van der Waals surface area contributed by atoms with Crippen molar-refractivity contribution in [2.45, 2.75) is 25.5 Å². The molecular weight excluding hydrogens is 158 g/mol. The Morgan fingerprint density at radius 1 is 1.58 bits per heavy atom. The van der Waals surface area contributed by atoms with Gasteiger partial charge in [0.15, 0.2) is 5.78 Å². The first-order chi connectivity index (χ1) is 5.68. The van der Waals surface area contributed by atoms with Gasteiger partial charge >= 0.3 is 6.09 Å². The van der Waals surface area contributed by atoms with Gasteiger partial charge in [-0.15, -0.1) is 0 Å². The van der Waals surface area contributed by atoms with Crippen molar-refractivity contribution in [2.24, 2.45) is 0 Å². The summed E-state index contributed by atoms with van der Waals surface area (Å²) in [6, 6.07) is -0.0880. The van der Waals surface area contributed by atoms with Crippen molar-refractivity contribution in [2.75, 3.05) is 0 Å². The molecule has 0 radical (unpaired) electrons. The molecule has 4 nitrogen and oxygen atoms in total. The van der Waals surface area contributed by atoms with Crippen molar-refractivity contribution in [3.8, 4) is 0 Å². The lowest BCUT2D eigenvalue weighted by Crippen LogP contribution is -2.36. The summed E-state index contributed by atoms with van der Waals surface area (Å²) in [4.78, 5) is 23.5. The predicted octanol–water partition coefficient (Wildman–Crippen LogP) is 0.682. The molecule has 0 bridgehead atoms. The summed E-state index contributed by atoms with van der Waals surface area (Å²) in [5.74, 6) is 0.0569. The predicted molar refractivity (Wildman–Crippen MR) is 40.3 cm³/mol. The molecule has 1 amide bonds. The number of nitrogens with zero attached hydrogens (tertiary/aromatic N) is 1. The van der Waals surface area contributed by atoms with E-state index in [1.54, 1.807) is 6.92 Å². The molecule has 0 unspecified atom stereocenters. The van der Waals surface area contributed by atoms with Crippen LogP contribution in [0, 0.1) is 0 Å². The molecule has 2 aliphatic rings. The minimum absolute atomic E-state index is 0.0569. The van der Waals surface area contributed by atoms with Gasteiger partial charge in [0.2, 0.25) is 0 Å². The molecule has 0 aromatic heterocycles. The third-order valence-corrected chi connectivity index (χ3v) is 2.23. The Morgan fingerprint density at radius 3 is 3.08 bits per heavy atom. The van der Waals surface area contributed by atoms with Crippen LogP contribution in [-0.4, -0.2) is 28.9 Å². The Labute approximate surface area is 69.8 Å². The molecule has 1 saturated heterocycles. The SMILES string of the molecule is C[C@H]1OC(=O)N2C=CC(=O)C[C@H]12. The third-order valence-electron chi connectivity index (χ3n) is 2.23. The van der Waals surface area contributed by atoms with E-state index in [2.05, 4.69) is 0 Å². The molecule has 0 aromatic carbocycles. The number of rotatable bonds is 0. The molecule has 1 fully saturated rings. The van der Waals surface area contributed by atoms with Crippen LogP contribution in [0.25, 0.3) is 0 Å². The summed E-state index contributed by atoms with van der Waals surface area (Å²) < 4.78 is 4.94. The number of carbonyl (C=O) groups excluding carboxylic acids is 2. The second-order valence-corrected chi connectivity index (χ2v) is 3.05. The number of fused-ring (bicyclic) bond motifs is 1. The highest BCUT2D eigenvalue weighted by atomic mass is 16.6. The summed E-state index contributed by atoms with van der Waals surface area (Å²) in [5, 5.41) is 0. The fourth-order valence-corrected chi connectivity index (χ4v) is 1.53. The highest BCUT2D eigenvalue weighted by molar-refractivity contribution is 5.92. The van der Waals surface area contributed by atoms with Crippen LogP contribution in [0.4, 0.5) is 4.79 Å². The Balaban J connectivity index is 2.28. The molecule has 2 aliphatic heterocycles. The molecular formula is C8H9NO3. The number of amides is 1. The first kappa shape index (κ1) is 7.34. The lowest BCUT2D eigenvalue weighted by Gasteiger charge is -2.21. The molecule has 0 aliphatic carbocycles. The van der Waals surface area contributed by atoms with E-state index < -0.39 is 0 Å². The number of ether oxygens (including phenoxy) is 1. The smallest absolute Gasteiger partial charge is 0.414 e. The average molecular weight is 167 g/mol. The van der Waals surface area contributed by atoms with Crippen LogP contribution in [0.2, 0.25) is 0 Å². The second-order valence-electron chi connectivity index (χ2n) is 3.05. The van der Waals surface area contributed by atoms with E-state index in [0.29, 0.717) is 6.42 Å². The Kier molecular flexibility index (Phi) is 1.43. The quantitative estimate of drug-likeness (QED) is 0.533. The van der Waals surface area contributed by atoms with Crippen LogP contribution in [0.3, 0.4) is 0 Å². The first-order valence-electron chi connectivity index (χ1n) is 3.88. The number of hydrogen-bond donors (Lipinski definition) is 0. The highest BCUT2D eigenvalue weighted by Gasteiger charge is 2.40. The molecule has 0 N–H and O–H groups in total. The summed E-state index contributed by atoms with van der Waals surface area (Å²) in [5.41, 5.74) is 0. The van der Waals surface area contributed by atoms with Gasteiger partial charge in [-0.05, 0) is 13.0 Å².